The lowest BCUT2D eigenvalue weighted by atomic mass is 10.1. The van der Waals surface area contributed by atoms with Crippen LogP contribution in [0.5, 0.6) is 0 Å². The standard InChI is InChI=1S/C10H19N3O3/c1-6(2)16-10(15)8(11)4-5-9(14)7(3)13-12/h6-8,12H,4-5,11H2,1-3H3. The average Bonchev–Trinajstić information content (AvgIpc) is 2.23. The Morgan fingerprint density at radius 3 is 2.38 bits per heavy atom. The molecule has 0 aromatic carbocycles. The molecule has 0 rings (SSSR count). The van der Waals surface area contributed by atoms with Crippen molar-refractivity contribution in [2.45, 2.75) is 51.8 Å². The normalized spacial score (nSPS) is 14.3. The van der Waals surface area contributed by atoms with Crippen LogP contribution in [0.2, 0.25) is 0 Å². The highest BCUT2D eigenvalue weighted by molar-refractivity contribution is 5.84. The number of nitrogens with one attached hydrogen (secondary N) is 1. The van der Waals surface area contributed by atoms with E-state index in [4.69, 9.17) is 16.0 Å². The van der Waals surface area contributed by atoms with Crippen LogP contribution in [-0.2, 0) is 14.3 Å². The van der Waals surface area contributed by atoms with Crippen molar-refractivity contribution in [3.05, 3.63) is 0 Å². The van der Waals surface area contributed by atoms with E-state index in [0.717, 1.165) is 0 Å². The second-order valence-corrected chi connectivity index (χ2v) is 3.90. The summed E-state index contributed by atoms with van der Waals surface area (Å²) >= 11 is 0. The SMILES string of the molecule is CC(C)OC(=O)C(N)CCC(=O)C(C)N=N. The van der Waals surface area contributed by atoms with Crippen molar-refractivity contribution in [1.29, 1.82) is 5.53 Å². The molecule has 6 nitrogen and oxygen atoms in total. The molecule has 0 aliphatic rings. The summed E-state index contributed by atoms with van der Waals surface area (Å²) in [6, 6.07) is -1.45. The van der Waals surface area contributed by atoms with Gasteiger partial charge in [-0.3, -0.25) is 9.59 Å². The minimum absolute atomic E-state index is 0.137. The molecule has 0 aromatic rings. The third kappa shape index (κ3) is 5.55. The fraction of sp³-hybridized carbons (Fsp3) is 0.800. The van der Waals surface area contributed by atoms with Crippen LogP contribution in [0.3, 0.4) is 0 Å². The van der Waals surface area contributed by atoms with E-state index in [2.05, 4.69) is 5.11 Å². The topological polar surface area (TPSA) is 106 Å². The molecule has 0 aliphatic heterocycles. The molecule has 0 amide bonds. The molecule has 0 fully saturated rings. The van der Waals surface area contributed by atoms with E-state index < -0.39 is 18.1 Å². The maximum absolute atomic E-state index is 11.3. The molecule has 16 heavy (non-hydrogen) atoms. The number of ether oxygens (including phenoxy) is 1. The lowest BCUT2D eigenvalue weighted by molar-refractivity contribution is -0.149. The fourth-order valence-corrected chi connectivity index (χ4v) is 1.02. The smallest absolute Gasteiger partial charge is 0.323 e. The Hall–Kier alpha value is -1.30. The zero-order valence-electron chi connectivity index (χ0n) is 9.90. The molecule has 0 aliphatic carbocycles. The van der Waals surface area contributed by atoms with E-state index in [9.17, 15) is 9.59 Å². The Balaban J connectivity index is 3.97. The monoisotopic (exact) mass is 229 g/mol. The number of nitrogens with two attached hydrogens (primary N) is 1. The van der Waals surface area contributed by atoms with Gasteiger partial charge in [-0.05, 0) is 27.2 Å². The highest BCUT2D eigenvalue weighted by atomic mass is 16.5. The van der Waals surface area contributed by atoms with E-state index >= 15 is 0 Å². The Bertz CT molecular complexity index is 266. The number of carbonyl (C=O) groups excluding carboxylic acids is 2. The van der Waals surface area contributed by atoms with Gasteiger partial charge < -0.3 is 10.5 Å². The van der Waals surface area contributed by atoms with E-state index in [0.29, 0.717) is 0 Å². The molecule has 2 atom stereocenters. The van der Waals surface area contributed by atoms with Crippen molar-refractivity contribution in [3.8, 4) is 0 Å². The molecule has 2 unspecified atom stereocenters. The zero-order valence-corrected chi connectivity index (χ0v) is 9.90. The van der Waals surface area contributed by atoms with E-state index in [1.54, 1.807) is 13.8 Å². The zero-order chi connectivity index (χ0) is 12.7. The molecule has 0 saturated heterocycles. The number of carbonyl (C=O) groups is 2. The first-order valence-electron chi connectivity index (χ1n) is 5.23. The van der Waals surface area contributed by atoms with Gasteiger partial charge in [-0.15, -0.1) is 0 Å². The lowest BCUT2D eigenvalue weighted by Gasteiger charge is -2.13. The van der Waals surface area contributed by atoms with Crippen molar-refractivity contribution < 1.29 is 14.3 Å². The van der Waals surface area contributed by atoms with Crippen LogP contribution in [0, 0.1) is 5.53 Å². The van der Waals surface area contributed by atoms with Gasteiger partial charge in [-0.25, -0.2) is 5.53 Å². The first-order chi connectivity index (χ1) is 7.38. The largest absolute Gasteiger partial charge is 0.462 e. The number of nitrogens with zero attached hydrogens (tertiary/aromatic N) is 1. The molecular formula is C10H19N3O3. The summed E-state index contributed by atoms with van der Waals surface area (Å²) in [6.07, 6.45) is 0.152. The summed E-state index contributed by atoms with van der Waals surface area (Å²) in [5, 5.41) is 3.10. The number of hydrogen-bond donors (Lipinski definition) is 2. The second-order valence-electron chi connectivity index (χ2n) is 3.90. The van der Waals surface area contributed by atoms with Crippen molar-refractivity contribution >= 4 is 11.8 Å². The van der Waals surface area contributed by atoms with Gasteiger partial charge in [0.1, 0.15) is 12.1 Å². The van der Waals surface area contributed by atoms with Gasteiger partial charge in [-0.2, -0.15) is 5.11 Å². The molecule has 0 heterocycles. The fourth-order valence-electron chi connectivity index (χ4n) is 1.02. The number of Topliss-reactive ketones (excluding diaryl/α,β-unsaturated/α-hetero) is 1. The third-order valence-electron chi connectivity index (χ3n) is 2.02. The van der Waals surface area contributed by atoms with Gasteiger partial charge in [0.05, 0.1) is 6.10 Å². The molecule has 0 saturated carbocycles. The van der Waals surface area contributed by atoms with Crippen LogP contribution in [-0.4, -0.2) is 29.9 Å². The summed E-state index contributed by atoms with van der Waals surface area (Å²) in [7, 11) is 0. The number of esters is 1. The van der Waals surface area contributed by atoms with E-state index in [1.807, 2.05) is 0 Å². The van der Waals surface area contributed by atoms with Crippen molar-refractivity contribution in [2.24, 2.45) is 10.8 Å². The number of ketones is 1. The van der Waals surface area contributed by atoms with Crippen LogP contribution < -0.4 is 5.73 Å². The molecule has 0 bridgehead atoms. The predicted molar refractivity (Wildman–Crippen MR) is 58.1 cm³/mol. The molecule has 0 aromatic heterocycles. The van der Waals surface area contributed by atoms with Crippen LogP contribution >= 0.6 is 0 Å². The van der Waals surface area contributed by atoms with E-state index in [-0.39, 0.29) is 24.7 Å². The lowest BCUT2D eigenvalue weighted by Crippen LogP contribution is -2.34. The Labute approximate surface area is 95.0 Å². The maximum Gasteiger partial charge on any atom is 0.323 e. The Kier molecular flexibility index (Phi) is 6.48. The van der Waals surface area contributed by atoms with Crippen LogP contribution in [0.25, 0.3) is 0 Å². The van der Waals surface area contributed by atoms with Crippen LogP contribution in [0.4, 0.5) is 0 Å². The molecule has 6 heteroatoms. The first-order valence-corrected chi connectivity index (χ1v) is 5.23. The summed E-state index contributed by atoms with van der Waals surface area (Å²) in [5.41, 5.74) is 12.2. The van der Waals surface area contributed by atoms with E-state index in [1.165, 1.54) is 6.92 Å². The molecular weight excluding hydrogens is 210 g/mol. The number of rotatable bonds is 7. The predicted octanol–water partition coefficient (Wildman–Crippen LogP) is 1.03. The minimum atomic E-state index is -0.788. The summed E-state index contributed by atoms with van der Waals surface area (Å²) in [6.45, 7) is 5.00. The first kappa shape index (κ1) is 14.7. The highest BCUT2D eigenvalue weighted by Crippen LogP contribution is 2.04. The molecule has 3 N–H and O–H groups in total. The quantitative estimate of drug-likeness (QED) is 0.502. The van der Waals surface area contributed by atoms with Crippen molar-refractivity contribution in [2.75, 3.05) is 0 Å². The molecule has 92 valence electrons. The van der Waals surface area contributed by atoms with Gasteiger partial charge in [0.2, 0.25) is 0 Å². The van der Waals surface area contributed by atoms with Gasteiger partial charge in [0.25, 0.3) is 0 Å². The average molecular weight is 229 g/mol. The maximum atomic E-state index is 11.3. The van der Waals surface area contributed by atoms with Crippen LogP contribution in [0.1, 0.15) is 33.6 Å². The molecule has 0 spiro atoms. The summed E-state index contributed by atoms with van der Waals surface area (Å²) in [4.78, 5) is 22.6. The van der Waals surface area contributed by atoms with Crippen molar-refractivity contribution in [1.82, 2.24) is 0 Å². The van der Waals surface area contributed by atoms with Gasteiger partial charge in [-0.1, -0.05) is 0 Å². The number of hydrogen-bond acceptors (Lipinski definition) is 6. The minimum Gasteiger partial charge on any atom is -0.462 e. The second kappa shape index (κ2) is 7.05. The van der Waals surface area contributed by atoms with Crippen molar-refractivity contribution in [3.63, 3.8) is 0 Å². The Morgan fingerprint density at radius 1 is 1.38 bits per heavy atom. The summed E-state index contributed by atoms with van der Waals surface area (Å²) in [5.74, 6) is -0.693. The molecule has 0 radical (unpaired) electrons. The summed E-state index contributed by atoms with van der Waals surface area (Å²) < 4.78 is 4.90. The van der Waals surface area contributed by atoms with Crippen LogP contribution in [0.15, 0.2) is 5.11 Å². The van der Waals surface area contributed by atoms with Gasteiger partial charge in [0, 0.05) is 6.42 Å². The highest BCUT2D eigenvalue weighted by Gasteiger charge is 2.19. The Morgan fingerprint density at radius 2 is 1.94 bits per heavy atom. The third-order valence-corrected chi connectivity index (χ3v) is 2.02. The van der Waals surface area contributed by atoms with Gasteiger partial charge in [0.15, 0.2) is 5.78 Å². The van der Waals surface area contributed by atoms with Gasteiger partial charge >= 0.3 is 5.97 Å².